The summed E-state index contributed by atoms with van der Waals surface area (Å²) in [6, 6.07) is 10.2. The normalized spacial score (nSPS) is 12.9. The van der Waals surface area contributed by atoms with Crippen LogP contribution in [0.2, 0.25) is 5.02 Å². The molecule has 3 rings (SSSR count). The zero-order valence-electron chi connectivity index (χ0n) is 11.8. The number of amides is 2. The van der Waals surface area contributed by atoms with Crippen LogP contribution in [-0.2, 0) is 4.79 Å². The number of fused-ring (bicyclic) bond motifs is 1. The van der Waals surface area contributed by atoms with Crippen molar-refractivity contribution in [1.82, 2.24) is 0 Å². The Balaban J connectivity index is 1.84. The number of carbonyl (C=O) groups excluding carboxylic acids is 2. The van der Waals surface area contributed by atoms with Gasteiger partial charge in [0, 0.05) is 16.3 Å². The first-order valence-electron chi connectivity index (χ1n) is 6.67. The molecule has 2 aromatic rings. The zero-order chi connectivity index (χ0) is 15.7. The minimum absolute atomic E-state index is 0.0501. The molecule has 0 radical (unpaired) electrons. The van der Waals surface area contributed by atoms with E-state index in [9.17, 15) is 9.59 Å². The van der Waals surface area contributed by atoms with Gasteiger partial charge < -0.3 is 15.4 Å². The smallest absolute Gasteiger partial charge is 0.262 e. The van der Waals surface area contributed by atoms with Gasteiger partial charge in [-0.05, 0) is 42.8 Å². The molecule has 0 spiro atoms. The highest BCUT2D eigenvalue weighted by Gasteiger charge is 2.18. The second kappa shape index (κ2) is 5.69. The molecule has 0 atom stereocenters. The summed E-state index contributed by atoms with van der Waals surface area (Å²) in [7, 11) is 0. The number of halogens is 1. The van der Waals surface area contributed by atoms with Crippen LogP contribution in [0, 0.1) is 6.92 Å². The molecule has 5 nitrogen and oxygen atoms in total. The lowest BCUT2D eigenvalue weighted by atomic mass is 10.1. The molecule has 0 fully saturated rings. The average Bonchev–Trinajstić information content (AvgIpc) is 2.50. The number of carbonyl (C=O) groups is 2. The second-order valence-corrected chi connectivity index (χ2v) is 5.40. The lowest BCUT2D eigenvalue weighted by Gasteiger charge is -2.18. The van der Waals surface area contributed by atoms with Crippen LogP contribution < -0.4 is 15.4 Å². The van der Waals surface area contributed by atoms with Gasteiger partial charge in [-0.2, -0.15) is 0 Å². The van der Waals surface area contributed by atoms with E-state index in [4.69, 9.17) is 16.3 Å². The van der Waals surface area contributed by atoms with Crippen LogP contribution in [0.1, 0.15) is 15.9 Å². The molecule has 112 valence electrons. The molecular weight excluding hydrogens is 304 g/mol. The molecule has 0 saturated carbocycles. The van der Waals surface area contributed by atoms with E-state index >= 15 is 0 Å². The van der Waals surface area contributed by atoms with Crippen LogP contribution in [0.3, 0.4) is 0 Å². The highest BCUT2D eigenvalue weighted by Crippen LogP contribution is 2.29. The largest absolute Gasteiger partial charge is 0.482 e. The van der Waals surface area contributed by atoms with Crippen LogP contribution in [-0.4, -0.2) is 18.4 Å². The van der Waals surface area contributed by atoms with Gasteiger partial charge in [-0.15, -0.1) is 0 Å². The van der Waals surface area contributed by atoms with Crippen molar-refractivity contribution in [2.75, 3.05) is 17.2 Å². The summed E-state index contributed by atoms with van der Waals surface area (Å²) in [6.45, 7) is 1.84. The Bertz CT molecular complexity index is 774. The van der Waals surface area contributed by atoms with Gasteiger partial charge in [0.05, 0.1) is 5.69 Å². The van der Waals surface area contributed by atoms with Crippen molar-refractivity contribution in [2.45, 2.75) is 6.92 Å². The molecule has 2 N–H and O–H groups in total. The van der Waals surface area contributed by atoms with E-state index < -0.39 is 0 Å². The predicted octanol–water partition coefficient (Wildman–Crippen LogP) is 3.23. The molecule has 1 aliphatic rings. The Hall–Kier alpha value is -2.53. The van der Waals surface area contributed by atoms with Gasteiger partial charge in [-0.3, -0.25) is 9.59 Å². The number of nitrogens with one attached hydrogen (secondary N) is 2. The third-order valence-electron chi connectivity index (χ3n) is 3.32. The minimum atomic E-state index is -0.270. The summed E-state index contributed by atoms with van der Waals surface area (Å²) in [6.07, 6.45) is 0. The van der Waals surface area contributed by atoms with Crippen LogP contribution in [0.4, 0.5) is 11.4 Å². The van der Waals surface area contributed by atoms with Gasteiger partial charge in [-0.1, -0.05) is 17.7 Å². The number of aryl methyl sites for hydroxylation is 1. The van der Waals surface area contributed by atoms with Gasteiger partial charge in [0.2, 0.25) is 0 Å². The number of rotatable bonds is 2. The van der Waals surface area contributed by atoms with Gasteiger partial charge in [-0.25, -0.2) is 0 Å². The number of benzene rings is 2. The monoisotopic (exact) mass is 316 g/mol. The topological polar surface area (TPSA) is 67.4 Å². The van der Waals surface area contributed by atoms with Gasteiger partial charge in [0.15, 0.2) is 6.61 Å². The Morgan fingerprint density at radius 3 is 2.91 bits per heavy atom. The molecule has 0 aliphatic carbocycles. The summed E-state index contributed by atoms with van der Waals surface area (Å²) in [5, 5.41) is 6.05. The summed E-state index contributed by atoms with van der Waals surface area (Å²) in [5.74, 6) is 0.00277. The predicted molar refractivity (Wildman–Crippen MR) is 84.7 cm³/mol. The van der Waals surface area contributed by atoms with E-state index in [1.165, 1.54) is 0 Å². The fraction of sp³-hybridized carbons (Fsp3) is 0.125. The molecule has 6 heteroatoms. The van der Waals surface area contributed by atoms with E-state index in [0.717, 1.165) is 5.56 Å². The van der Waals surface area contributed by atoms with E-state index in [-0.39, 0.29) is 18.4 Å². The number of anilines is 2. The minimum Gasteiger partial charge on any atom is -0.482 e. The summed E-state index contributed by atoms with van der Waals surface area (Å²) in [5.41, 5.74) is 2.57. The maximum atomic E-state index is 12.3. The van der Waals surface area contributed by atoms with Gasteiger partial charge in [0.1, 0.15) is 5.75 Å². The third kappa shape index (κ3) is 2.89. The molecule has 1 aliphatic heterocycles. The second-order valence-electron chi connectivity index (χ2n) is 4.96. The number of ether oxygens (including phenoxy) is 1. The van der Waals surface area contributed by atoms with E-state index in [2.05, 4.69) is 10.6 Å². The summed E-state index contributed by atoms with van der Waals surface area (Å²) >= 11 is 5.94. The third-order valence-corrected chi connectivity index (χ3v) is 3.56. The van der Waals surface area contributed by atoms with Crippen molar-refractivity contribution in [1.29, 1.82) is 0 Å². The molecular formula is C16H13ClN2O3. The quantitative estimate of drug-likeness (QED) is 0.894. The first-order valence-corrected chi connectivity index (χ1v) is 7.05. The molecule has 22 heavy (non-hydrogen) atoms. The highest BCUT2D eigenvalue weighted by molar-refractivity contribution is 6.31. The first kappa shape index (κ1) is 14.4. The van der Waals surface area contributed by atoms with Crippen molar-refractivity contribution in [3.8, 4) is 5.75 Å². The zero-order valence-corrected chi connectivity index (χ0v) is 12.5. The fourth-order valence-corrected chi connectivity index (χ4v) is 2.31. The van der Waals surface area contributed by atoms with Crippen molar-refractivity contribution >= 4 is 34.8 Å². The Kier molecular flexibility index (Phi) is 3.73. The molecule has 0 unspecified atom stereocenters. The lowest BCUT2D eigenvalue weighted by molar-refractivity contribution is -0.118. The lowest BCUT2D eigenvalue weighted by Crippen LogP contribution is -2.25. The van der Waals surface area contributed by atoms with E-state index in [1.54, 1.807) is 30.3 Å². The Morgan fingerprint density at radius 1 is 1.27 bits per heavy atom. The fourth-order valence-electron chi connectivity index (χ4n) is 2.14. The average molecular weight is 317 g/mol. The molecule has 0 aromatic heterocycles. The molecule has 1 heterocycles. The molecule has 2 amide bonds. The maximum Gasteiger partial charge on any atom is 0.262 e. The maximum absolute atomic E-state index is 12.3. The van der Waals surface area contributed by atoms with Crippen molar-refractivity contribution in [2.24, 2.45) is 0 Å². The van der Waals surface area contributed by atoms with Gasteiger partial charge >= 0.3 is 0 Å². The number of hydrogen-bond donors (Lipinski definition) is 2. The standard InChI is InChI=1S/C16H13ClN2O3/c1-9-2-4-11(17)7-13(9)19-16(21)10-3-5-12-14(6-10)22-8-15(20)18-12/h2-7H,8H2,1H3,(H,18,20)(H,19,21). The van der Waals surface area contributed by atoms with Crippen LogP contribution in [0.5, 0.6) is 5.75 Å². The van der Waals surface area contributed by atoms with Gasteiger partial charge in [0.25, 0.3) is 11.8 Å². The van der Waals surface area contributed by atoms with Crippen molar-refractivity contribution in [3.63, 3.8) is 0 Å². The highest BCUT2D eigenvalue weighted by atomic mass is 35.5. The molecule has 0 bridgehead atoms. The van der Waals surface area contributed by atoms with Crippen LogP contribution in [0.25, 0.3) is 0 Å². The van der Waals surface area contributed by atoms with E-state index in [1.807, 2.05) is 13.0 Å². The van der Waals surface area contributed by atoms with Crippen molar-refractivity contribution in [3.05, 3.63) is 52.5 Å². The van der Waals surface area contributed by atoms with Crippen molar-refractivity contribution < 1.29 is 14.3 Å². The number of hydrogen-bond acceptors (Lipinski definition) is 3. The first-order chi connectivity index (χ1) is 10.5. The Labute approximate surface area is 132 Å². The SMILES string of the molecule is Cc1ccc(Cl)cc1NC(=O)c1ccc2c(c1)OCC(=O)N2. The Morgan fingerprint density at radius 2 is 2.09 bits per heavy atom. The molecule has 2 aromatic carbocycles. The molecule has 0 saturated heterocycles. The van der Waals surface area contributed by atoms with Crippen LogP contribution in [0.15, 0.2) is 36.4 Å². The van der Waals surface area contributed by atoms with E-state index in [0.29, 0.717) is 27.7 Å². The van der Waals surface area contributed by atoms with Crippen LogP contribution >= 0.6 is 11.6 Å². The summed E-state index contributed by atoms with van der Waals surface area (Å²) < 4.78 is 5.31. The summed E-state index contributed by atoms with van der Waals surface area (Å²) in [4.78, 5) is 23.6.